The number of rotatable bonds is 4. The topological polar surface area (TPSA) is 104 Å². The van der Waals surface area contributed by atoms with Crippen LogP contribution in [0.25, 0.3) is 0 Å². The third kappa shape index (κ3) is 3.57. The van der Waals surface area contributed by atoms with Gasteiger partial charge in [-0.05, 0) is 6.26 Å². The SMILES string of the molecule is CS/C(C[N+](=O)[O-])=C(/C#N)C(=O)O. The van der Waals surface area contributed by atoms with Gasteiger partial charge in [0, 0.05) is 4.92 Å². The van der Waals surface area contributed by atoms with E-state index in [4.69, 9.17) is 10.4 Å². The highest BCUT2D eigenvalue weighted by Gasteiger charge is 2.17. The van der Waals surface area contributed by atoms with Gasteiger partial charge in [-0.1, -0.05) is 0 Å². The molecule has 0 bridgehead atoms. The Morgan fingerprint density at radius 3 is 2.54 bits per heavy atom. The van der Waals surface area contributed by atoms with Crippen LogP contribution < -0.4 is 0 Å². The molecule has 0 fully saturated rings. The van der Waals surface area contributed by atoms with Gasteiger partial charge in [-0.3, -0.25) is 10.1 Å². The van der Waals surface area contributed by atoms with E-state index in [1.807, 2.05) is 0 Å². The molecule has 0 spiro atoms. The third-order valence-electron chi connectivity index (χ3n) is 1.12. The normalized spacial score (nSPS) is 11.4. The van der Waals surface area contributed by atoms with Crippen molar-refractivity contribution in [2.75, 3.05) is 12.8 Å². The third-order valence-corrected chi connectivity index (χ3v) is 1.95. The number of carbonyl (C=O) groups is 1. The second-order valence-electron chi connectivity index (χ2n) is 1.91. The van der Waals surface area contributed by atoms with Crippen LogP contribution >= 0.6 is 11.8 Å². The fraction of sp³-hybridized carbons (Fsp3) is 0.333. The molecule has 6 nitrogen and oxygen atoms in total. The first kappa shape index (κ1) is 11.4. The molecule has 0 saturated carbocycles. The van der Waals surface area contributed by atoms with Gasteiger partial charge in [0.15, 0.2) is 5.57 Å². The molecule has 7 heteroatoms. The van der Waals surface area contributed by atoms with Crippen molar-refractivity contribution in [3.8, 4) is 6.07 Å². The number of hydrogen-bond donors (Lipinski definition) is 1. The maximum absolute atomic E-state index is 10.4. The predicted molar refractivity (Wildman–Crippen MR) is 45.7 cm³/mol. The van der Waals surface area contributed by atoms with E-state index in [0.717, 1.165) is 11.8 Å². The maximum atomic E-state index is 10.4. The monoisotopic (exact) mass is 202 g/mol. The lowest BCUT2D eigenvalue weighted by Crippen LogP contribution is -2.08. The zero-order valence-electron chi connectivity index (χ0n) is 6.68. The number of carboxylic acids is 1. The van der Waals surface area contributed by atoms with E-state index in [1.54, 1.807) is 0 Å². The fourth-order valence-corrected chi connectivity index (χ4v) is 1.16. The molecule has 0 aromatic heterocycles. The molecule has 13 heavy (non-hydrogen) atoms. The molecule has 0 aliphatic carbocycles. The Bertz CT molecular complexity index is 304. The average molecular weight is 202 g/mol. The van der Waals surface area contributed by atoms with Gasteiger partial charge in [0.2, 0.25) is 6.54 Å². The Morgan fingerprint density at radius 2 is 2.31 bits per heavy atom. The summed E-state index contributed by atoms with van der Waals surface area (Å²) in [5, 5.41) is 26.9. The highest BCUT2D eigenvalue weighted by Crippen LogP contribution is 2.16. The Labute approximate surface area is 78.0 Å². The average Bonchev–Trinajstić information content (AvgIpc) is 2.02. The lowest BCUT2D eigenvalue weighted by Gasteiger charge is -1.98. The molecule has 0 aliphatic heterocycles. The molecule has 0 saturated heterocycles. The highest BCUT2D eigenvalue weighted by atomic mass is 32.2. The molecule has 0 rings (SSSR count). The Balaban J connectivity index is 4.97. The molecular formula is C6H6N2O4S. The summed E-state index contributed by atoms with van der Waals surface area (Å²) in [5.74, 6) is -1.44. The number of thioether (sulfide) groups is 1. The quantitative estimate of drug-likeness (QED) is 0.308. The Kier molecular flexibility index (Phi) is 4.54. The molecular weight excluding hydrogens is 196 g/mol. The predicted octanol–water partition coefficient (Wildman–Crippen LogP) is 0.488. The zero-order valence-corrected chi connectivity index (χ0v) is 7.50. The van der Waals surface area contributed by atoms with Crippen molar-refractivity contribution in [2.45, 2.75) is 0 Å². The standard InChI is InChI=1S/C6H6N2O4S/c1-13-5(3-8(11)12)4(2-7)6(9)10/h3H2,1H3,(H,9,10)/b5-4-. The molecule has 0 aromatic carbocycles. The van der Waals surface area contributed by atoms with E-state index in [-0.39, 0.29) is 4.91 Å². The van der Waals surface area contributed by atoms with Crippen molar-refractivity contribution in [1.29, 1.82) is 5.26 Å². The summed E-state index contributed by atoms with van der Waals surface area (Å²) in [6, 6.07) is 1.41. The first-order valence-electron chi connectivity index (χ1n) is 3.05. The van der Waals surface area contributed by atoms with E-state index in [1.165, 1.54) is 12.3 Å². The van der Waals surface area contributed by atoms with Crippen LogP contribution in [0.15, 0.2) is 10.5 Å². The Morgan fingerprint density at radius 1 is 1.77 bits per heavy atom. The van der Waals surface area contributed by atoms with Crippen molar-refractivity contribution in [1.82, 2.24) is 0 Å². The molecule has 1 N–H and O–H groups in total. The number of nitrogens with zero attached hydrogens (tertiary/aromatic N) is 2. The van der Waals surface area contributed by atoms with Crippen LogP contribution in [0.4, 0.5) is 0 Å². The van der Waals surface area contributed by atoms with Gasteiger partial charge in [-0.25, -0.2) is 4.79 Å². The van der Waals surface area contributed by atoms with Gasteiger partial charge in [0.1, 0.15) is 6.07 Å². The van der Waals surface area contributed by atoms with Gasteiger partial charge in [0.25, 0.3) is 0 Å². The molecule has 0 atom stereocenters. The maximum Gasteiger partial charge on any atom is 0.347 e. The molecule has 0 unspecified atom stereocenters. The lowest BCUT2D eigenvalue weighted by atomic mass is 10.3. The first-order valence-corrected chi connectivity index (χ1v) is 4.27. The molecule has 0 amide bonds. The number of nitriles is 1. The largest absolute Gasteiger partial charge is 0.477 e. The van der Waals surface area contributed by atoms with Crippen LogP contribution in [0.5, 0.6) is 0 Å². The van der Waals surface area contributed by atoms with Crippen molar-refractivity contribution in [2.24, 2.45) is 0 Å². The van der Waals surface area contributed by atoms with Gasteiger partial charge >= 0.3 is 5.97 Å². The number of carboxylic acid groups (broad SMARTS) is 1. The van der Waals surface area contributed by atoms with Crippen LogP contribution in [0.2, 0.25) is 0 Å². The molecule has 0 radical (unpaired) electrons. The summed E-state index contributed by atoms with van der Waals surface area (Å²) in [7, 11) is 0. The van der Waals surface area contributed by atoms with Crippen LogP contribution in [0.3, 0.4) is 0 Å². The summed E-state index contributed by atoms with van der Waals surface area (Å²) < 4.78 is 0. The second kappa shape index (κ2) is 5.16. The van der Waals surface area contributed by atoms with E-state index >= 15 is 0 Å². The Hall–Kier alpha value is -1.55. The van der Waals surface area contributed by atoms with E-state index in [0.29, 0.717) is 0 Å². The van der Waals surface area contributed by atoms with Crippen molar-refractivity contribution in [3.05, 3.63) is 20.6 Å². The smallest absolute Gasteiger partial charge is 0.347 e. The van der Waals surface area contributed by atoms with E-state index < -0.39 is 23.0 Å². The van der Waals surface area contributed by atoms with Crippen LogP contribution in [-0.2, 0) is 4.79 Å². The first-order chi connectivity index (χ1) is 6.02. The fourth-order valence-electron chi connectivity index (χ4n) is 0.592. The summed E-state index contributed by atoms with van der Waals surface area (Å²) in [6.45, 7) is -0.629. The summed E-state index contributed by atoms with van der Waals surface area (Å²) in [4.78, 5) is 19.7. The minimum atomic E-state index is -1.44. The molecule has 70 valence electrons. The molecule has 0 aliphatic rings. The van der Waals surface area contributed by atoms with Gasteiger partial charge < -0.3 is 5.11 Å². The number of hydrogen-bond acceptors (Lipinski definition) is 5. The minimum Gasteiger partial charge on any atom is -0.477 e. The van der Waals surface area contributed by atoms with E-state index in [9.17, 15) is 14.9 Å². The summed E-state index contributed by atoms with van der Waals surface area (Å²) >= 11 is 0.894. The van der Waals surface area contributed by atoms with Crippen LogP contribution in [0.1, 0.15) is 0 Å². The van der Waals surface area contributed by atoms with Crippen LogP contribution in [0, 0.1) is 21.4 Å². The minimum absolute atomic E-state index is 0.0417. The second-order valence-corrected chi connectivity index (χ2v) is 2.81. The zero-order chi connectivity index (χ0) is 10.4. The van der Waals surface area contributed by atoms with Gasteiger partial charge in [-0.2, -0.15) is 5.26 Å². The summed E-state index contributed by atoms with van der Waals surface area (Å²) in [5.41, 5.74) is -0.566. The molecule has 0 heterocycles. The van der Waals surface area contributed by atoms with E-state index in [2.05, 4.69) is 0 Å². The van der Waals surface area contributed by atoms with Crippen LogP contribution in [-0.4, -0.2) is 28.8 Å². The number of aliphatic carboxylic acids is 1. The summed E-state index contributed by atoms with van der Waals surface area (Å²) in [6.07, 6.45) is 1.49. The number of nitro groups is 1. The highest BCUT2D eigenvalue weighted by molar-refractivity contribution is 8.02. The van der Waals surface area contributed by atoms with Gasteiger partial charge in [-0.15, -0.1) is 11.8 Å². The van der Waals surface area contributed by atoms with Crippen molar-refractivity contribution in [3.63, 3.8) is 0 Å². The van der Waals surface area contributed by atoms with Crippen molar-refractivity contribution >= 4 is 17.7 Å². The van der Waals surface area contributed by atoms with Crippen molar-refractivity contribution < 1.29 is 14.8 Å². The van der Waals surface area contributed by atoms with Gasteiger partial charge in [0.05, 0.1) is 4.91 Å². The lowest BCUT2D eigenvalue weighted by molar-refractivity contribution is -0.469. The molecule has 0 aromatic rings.